The van der Waals surface area contributed by atoms with Gasteiger partial charge in [0.05, 0.1) is 13.7 Å². The number of alkyl halides is 1. The van der Waals surface area contributed by atoms with Gasteiger partial charge in [-0.3, -0.25) is 0 Å². The fourth-order valence-corrected chi connectivity index (χ4v) is 2.07. The topological polar surface area (TPSA) is 18.5 Å². The predicted molar refractivity (Wildman–Crippen MR) is 76.1 cm³/mol. The largest absolute Gasteiger partial charge is 0.497 e. The van der Waals surface area contributed by atoms with E-state index < -0.39 is 0 Å². The van der Waals surface area contributed by atoms with Gasteiger partial charge >= 0.3 is 0 Å². The van der Waals surface area contributed by atoms with Crippen molar-refractivity contribution in [3.05, 3.63) is 35.9 Å². The van der Waals surface area contributed by atoms with Gasteiger partial charge in [0.2, 0.25) is 0 Å². The van der Waals surface area contributed by atoms with Crippen LogP contribution in [0.15, 0.2) is 30.3 Å². The van der Waals surface area contributed by atoms with Gasteiger partial charge in [0.15, 0.2) is 0 Å². The van der Waals surface area contributed by atoms with Crippen molar-refractivity contribution in [2.24, 2.45) is 0 Å². The van der Waals surface area contributed by atoms with Crippen molar-refractivity contribution in [3.63, 3.8) is 0 Å². The van der Waals surface area contributed by atoms with Crippen LogP contribution in [-0.4, -0.2) is 19.6 Å². The summed E-state index contributed by atoms with van der Waals surface area (Å²) in [5, 5.41) is 2.36. The zero-order valence-corrected chi connectivity index (χ0v) is 11.5. The Bertz CT molecular complexity index is 537. The molecule has 0 aliphatic heterocycles. The lowest BCUT2D eigenvalue weighted by atomic mass is 10.0. The first-order valence-electron chi connectivity index (χ1n) is 6.02. The molecule has 3 heteroatoms. The summed E-state index contributed by atoms with van der Waals surface area (Å²) in [6.07, 6.45) is 0.863. The second-order valence-electron chi connectivity index (χ2n) is 4.17. The van der Waals surface area contributed by atoms with Crippen LogP contribution in [-0.2, 0) is 0 Å². The van der Waals surface area contributed by atoms with Crippen molar-refractivity contribution in [3.8, 4) is 11.5 Å². The molecule has 0 amide bonds. The maximum Gasteiger partial charge on any atom is 0.122 e. The van der Waals surface area contributed by atoms with Gasteiger partial charge in [0.25, 0.3) is 0 Å². The molecular formula is C15H17ClO2. The highest BCUT2D eigenvalue weighted by molar-refractivity contribution is 6.17. The first-order valence-corrected chi connectivity index (χ1v) is 6.56. The molecule has 2 rings (SSSR count). The maximum absolute atomic E-state index is 5.73. The van der Waals surface area contributed by atoms with Crippen molar-refractivity contribution in [2.45, 2.75) is 13.3 Å². The van der Waals surface area contributed by atoms with Crippen molar-refractivity contribution in [2.75, 3.05) is 19.6 Å². The van der Waals surface area contributed by atoms with Crippen LogP contribution in [0.5, 0.6) is 11.5 Å². The lowest BCUT2D eigenvalue weighted by Gasteiger charge is -2.11. The Morgan fingerprint density at radius 3 is 2.72 bits per heavy atom. The maximum atomic E-state index is 5.73. The summed E-state index contributed by atoms with van der Waals surface area (Å²) in [4.78, 5) is 0. The van der Waals surface area contributed by atoms with Crippen LogP contribution in [0.3, 0.4) is 0 Å². The van der Waals surface area contributed by atoms with Gasteiger partial charge in [0.1, 0.15) is 11.5 Å². The smallest absolute Gasteiger partial charge is 0.122 e. The number of methoxy groups -OCH3 is 1. The minimum atomic E-state index is 0.629. The molecule has 2 aromatic carbocycles. The number of benzene rings is 2. The second kappa shape index (κ2) is 5.96. The number of fused-ring (bicyclic) bond motifs is 1. The first-order chi connectivity index (χ1) is 8.76. The molecule has 0 aliphatic rings. The van der Waals surface area contributed by atoms with E-state index in [1.165, 1.54) is 5.39 Å². The predicted octanol–water partition coefficient (Wildman–Crippen LogP) is 4.16. The highest BCUT2D eigenvalue weighted by atomic mass is 35.5. The number of aryl methyl sites for hydroxylation is 1. The molecule has 0 unspecified atom stereocenters. The lowest BCUT2D eigenvalue weighted by Crippen LogP contribution is -1.99. The second-order valence-corrected chi connectivity index (χ2v) is 4.54. The monoisotopic (exact) mass is 264 g/mol. The van der Waals surface area contributed by atoms with E-state index in [0.29, 0.717) is 12.5 Å². The molecule has 0 radical (unpaired) electrons. The molecular weight excluding hydrogens is 248 g/mol. The van der Waals surface area contributed by atoms with Crippen molar-refractivity contribution in [1.82, 2.24) is 0 Å². The van der Waals surface area contributed by atoms with E-state index >= 15 is 0 Å². The summed E-state index contributed by atoms with van der Waals surface area (Å²) in [6, 6.07) is 10.1. The van der Waals surface area contributed by atoms with Crippen LogP contribution in [0.2, 0.25) is 0 Å². The Morgan fingerprint density at radius 2 is 2.00 bits per heavy atom. The Kier molecular flexibility index (Phi) is 4.32. The molecule has 2 aromatic rings. The molecule has 0 bridgehead atoms. The van der Waals surface area contributed by atoms with E-state index in [1.807, 2.05) is 18.2 Å². The highest BCUT2D eigenvalue weighted by Crippen LogP contribution is 2.29. The highest BCUT2D eigenvalue weighted by Gasteiger charge is 2.05. The normalized spacial score (nSPS) is 10.6. The van der Waals surface area contributed by atoms with Crippen LogP contribution in [0.1, 0.15) is 12.0 Å². The SMILES string of the molecule is COc1ccc2c(C)c(OCCCCl)ccc2c1. The molecule has 0 atom stereocenters. The third-order valence-corrected chi connectivity index (χ3v) is 3.25. The van der Waals surface area contributed by atoms with E-state index in [1.54, 1.807) is 7.11 Å². The van der Waals surface area contributed by atoms with Gasteiger partial charge in [0, 0.05) is 5.88 Å². The molecule has 0 aliphatic carbocycles. The van der Waals surface area contributed by atoms with Gasteiger partial charge in [-0.25, -0.2) is 0 Å². The average Bonchev–Trinajstić information content (AvgIpc) is 2.41. The van der Waals surface area contributed by atoms with Crippen LogP contribution >= 0.6 is 11.6 Å². The Labute approximate surface area is 112 Å². The van der Waals surface area contributed by atoms with Crippen LogP contribution < -0.4 is 9.47 Å². The Balaban J connectivity index is 2.32. The van der Waals surface area contributed by atoms with Crippen LogP contribution in [0.25, 0.3) is 10.8 Å². The molecule has 0 fully saturated rings. The molecule has 0 aromatic heterocycles. The van der Waals surface area contributed by atoms with Crippen molar-refractivity contribution >= 4 is 22.4 Å². The van der Waals surface area contributed by atoms with Crippen LogP contribution in [0, 0.1) is 6.92 Å². The Hall–Kier alpha value is -1.41. The third-order valence-electron chi connectivity index (χ3n) is 2.98. The summed E-state index contributed by atoms with van der Waals surface area (Å²) in [6.45, 7) is 2.73. The summed E-state index contributed by atoms with van der Waals surface area (Å²) < 4.78 is 11.0. The van der Waals surface area contributed by atoms with E-state index in [-0.39, 0.29) is 0 Å². The Morgan fingerprint density at radius 1 is 1.17 bits per heavy atom. The fraction of sp³-hybridized carbons (Fsp3) is 0.333. The minimum Gasteiger partial charge on any atom is -0.497 e. The van der Waals surface area contributed by atoms with E-state index in [0.717, 1.165) is 28.9 Å². The quantitative estimate of drug-likeness (QED) is 0.596. The number of hydrogen-bond donors (Lipinski definition) is 0. The molecule has 0 saturated carbocycles. The molecule has 2 nitrogen and oxygen atoms in total. The standard InChI is InChI=1S/C15H17ClO2/c1-11-14-6-5-13(17-2)10-12(14)4-7-15(11)18-9-3-8-16/h4-7,10H,3,8-9H2,1-2H3. The number of ether oxygens (including phenoxy) is 2. The fourth-order valence-electron chi connectivity index (χ4n) is 1.96. The van der Waals surface area contributed by atoms with Crippen molar-refractivity contribution < 1.29 is 9.47 Å². The van der Waals surface area contributed by atoms with Gasteiger partial charge in [-0.2, -0.15) is 0 Å². The van der Waals surface area contributed by atoms with Gasteiger partial charge in [-0.15, -0.1) is 11.6 Å². The number of rotatable bonds is 5. The minimum absolute atomic E-state index is 0.629. The molecule has 96 valence electrons. The number of halogens is 1. The van der Waals surface area contributed by atoms with Gasteiger partial charge in [-0.05, 0) is 47.9 Å². The summed E-state index contributed by atoms with van der Waals surface area (Å²) in [5.41, 5.74) is 1.16. The zero-order chi connectivity index (χ0) is 13.0. The van der Waals surface area contributed by atoms with E-state index in [2.05, 4.69) is 19.1 Å². The molecule has 18 heavy (non-hydrogen) atoms. The van der Waals surface area contributed by atoms with E-state index in [9.17, 15) is 0 Å². The van der Waals surface area contributed by atoms with E-state index in [4.69, 9.17) is 21.1 Å². The van der Waals surface area contributed by atoms with Crippen molar-refractivity contribution in [1.29, 1.82) is 0 Å². The van der Waals surface area contributed by atoms with Crippen LogP contribution in [0.4, 0.5) is 0 Å². The molecule has 0 N–H and O–H groups in total. The third kappa shape index (κ3) is 2.70. The molecule has 0 saturated heterocycles. The van der Waals surface area contributed by atoms with Gasteiger partial charge in [-0.1, -0.05) is 12.1 Å². The zero-order valence-electron chi connectivity index (χ0n) is 10.7. The average molecular weight is 265 g/mol. The first kappa shape index (κ1) is 13.0. The van der Waals surface area contributed by atoms with Gasteiger partial charge < -0.3 is 9.47 Å². The summed E-state index contributed by atoms with van der Waals surface area (Å²) >= 11 is 5.64. The molecule has 0 spiro atoms. The lowest BCUT2D eigenvalue weighted by molar-refractivity contribution is 0.317. The number of hydrogen-bond acceptors (Lipinski definition) is 2. The molecule has 0 heterocycles. The summed E-state index contributed by atoms with van der Waals surface area (Å²) in [7, 11) is 1.68. The summed E-state index contributed by atoms with van der Waals surface area (Å²) in [5.74, 6) is 2.43.